The van der Waals surface area contributed by atoms with E-state index in [9.17, 15) is 19.2 Å². The largest absolute Gasteiger partial charge is 0.467 e. The molecule has 2 fully saturated rings. The van der Waals surface area contributed by atoms with Crippen molar-refractivity contribution in [2.24, 2.45) is 11.8 Å². The Morgan fingerprint density at radius 2 is 1.55 bits per heavy atom. The summed E-state index contributed by atoms with van der Waals surface area (Å²) < 4.78 is 4.88. The number of hydrogen-bond donors (Lipinski definition) is 1. The summed E-state index contributed by atoms with van der Waals surface area (Å²) in [5, 5.41) is 3.07. The third-order valence-corrected chi connectivity index (χ3v) is 7.96. The molecule has 0 saturated carbocycles. The van der Waals surface area contributed by atoms with E-state index in [1.54, 1.807) is 23.8 Å². The van der Waals surface area contributed by atoms with Gasteiger partial charge >= 0.3 is 5.97 Å². The van der Waals surface area contributed by atoms with E-state index in [2.05, 4.69) is 24.1 Å². The fraction of sp³-hybridized carbons (Fsp3) is 0.793. The van der Waals surface area contributed by atoms with Crippen LogP contribution in [0.15, 0.2) is 11.6 Å². The van der Waals surface area contributed by atoms with Gasteiger partial charge in [0.15, 0.2) is 0 Å². The molecule has 2 rings (SSSR count). The zero-order chi connectivity index (χ0) is 28.7. The van der Waals surface area contributed by atoms with E-state index >= 15 is 0 Å². The van der Waals surface area contributed by atoms with Crippen LogP contribution in [0, 0.1) is 11.8 Å². The Balaban J connectivity index is 2.21. The Labute approximate surface area is 229 Å². The van der Waals surface area contributed by atoms with Gasteiger partial charge in [0.05, 0.1) is 19.2 Å². The van der Waals surface area contributed by atoms with Gasteiger partial charge < -0.3 is 19.9 Å². The molecule has 2 unspecified atom stereocenters. The van der Waals surface area contributed by atoms with Crippen molar-refractivity contribution in [3.8, 4) is 0 Å². The molecule has 0 bridgehead atoms. The molecular formula is C29H50N4O5. The van der Waals surface area contributed by atoms with Crippen LogP contribution in [-0.4, -0.2) is 95.8 Å². The molecule has 38 heavy (non-hydrogen) atoms. The van der Waals surface area contributed by atoms with E-state index in [1.807, 2.05) is 33.8 Å². The highest BCUT2D eigenvalue weighted by Gasteiger charge is 2.38. The summed E-state index contributed by atoms with van der Waals surface area (Å²) in [5.74, 6) is -0.964. The second-order valence-electron chi connectivity index (χ2n) is 11.8. The smallest absolute Gasteiger partial charge is 0.328 e. The van der Waals surface area contributed by atoms with Crippen molar-refractivity contribution in [1.82, 2.24) is 20.0 Å². The topological polar surface area (TPSA) is 99.3 Å². The van der Waals surface area contributed by atoms with Crippen molar-refractivity contribution >= 4 is 23.7 Å². The lowest BCUT2D eigenvalue weighted by Crippen LogP contribution is -2.58. The fourth-order valence-electron chi connectivity index (χ4n) is 5.68. The van der Waals surface area contributed by atoms with Crippen molar-refractivity contribution in [2.45, 2.75) is 111 Å². The van der Waals surface area contributed by atoms with Crippen LogP contribution in [0.1, 0.15) is 80.6 Å². The molecule has 0 aromatic heterocycles. The summed E-state index contributed by atoms with van der Waals surface area (Å²) >= 11 is 0. The van der Waals surface area contributed by atoms with Gasteiger partial charge in [0.2, 0.25) is 17.7 Å². The zero-order valence-electron chi connectivity index (χ0n) is 25.0. The van der Waals surface area contributed by atoms with E-state index < -0.39 is 18.1 Å². The van der Waals surface area contributed by atoms with Gasteiger partial charge in [-0.3, -0.25) is 19.3 Å². The molecule has 216 valence electrons. The SMILES string of the molecule is COC(=O)[C@H]1CCCN1C(=O)/C(C)=C/[C@H](C(C)C)N(C)C(=O)C(NC(=O)C1CCCCN1C(C)C)C(C)C. The van der Waals surface area contributed by atoms with Crippen LogP contribution >= 0.6 is 0 Å². The Hall–Kier alpha value is -2.42. The second-order valence-corrected chi connectivity index (χ2v) is 11.8. The Bertz CT molecular complexity index is 884. The predicted octanol–water partition coefficient (Wildman–Crippen LogP) is 2.98. The molecule has 2 heterocycles. The van der Waals surface area contributed by atoms with Crippen molar-refractivity contribution in [3.05, 3.63) is 11.6 Å². The number of likely N-dealkylation sites (N-methyl/N-ethyl adjacent to an activating group) is 1. The number of amides is 3. The van der Waals surface area contributed by atoms with Crippen LogP contribution in [0.5, 0.6) is 0 Å². The van der Waals surface area contributed by atoms with Crippen LogP contribution in [0.25, 0.3) is 0 Å². The van der Waals surface area contributed by atoms with E-state index in [0.29, 0.717) is 18.5 Å². The number of carbonyl (C=O) groups excluding carboxylic acids is 4. The molecule has 2 saturated heterocycles. The summed E-state index contributed by atoms with van der Waals surface area (Å²) in [6, 6.07) is -1.57. The van der Waals surface area contributed by atoms with Crippen LogP contribution in [0.2, 0.25) is 0 Å². The minimum atomic E-state index is -0.670. The maximum absolute atomic E-state index is 13.8. The van der Waals surface area contributed by atoms with Crippen LogP contribution in [-0.2, 0) is 23.9 Å². The lowest BCUT2D eigenvalue weighted by atomic mass is 9.95. The number of esters is 1. The molecule has 9 heteroatoms. The first-order chi connectivity index (χ1) is 17.8. The Morgan fingerprint density at radius 3 is 2.11 bits per heavy atom. The minimum absolute atomic E-state index is 0.0278. The minimum Gasteiger partial charge on any atom is -0.467 e. The number of hydrogen-bond acceptors (Lipinski definition) is 6. The number of methoxy groups -OCH3 is 1. The number of nitrogens with one attached hydrogen (secondary N) is 1. The highest BCUT2D eigenvalue weighted by Crippen LogP contribution is 2.24. The lowest BCUT2D eigenvalue weighted by Gasteiger charge is -2.39. The first kappa shape index (κ1) is 31.8. The zero-order valence-corrected chi connectivity index (χ0v) is 25.0. The highest BCUT2D eigenvalue weighted by atomic mass is 16.5. The van der Waals surface area contributed by atoms with Crippen molar-refractivity contribution < 1.29 is 23.9 Å². The van der Waals surface area contributed by atoms with Crippen LogP contribution < -0.4 is 5.32 Å². The van der Waals surface area contributed by atoms with E-state index in [4.69, 9.17) is 4.74 Å². The van der Waals surface area contributed by atoms with Crippen LogP contribution in [0.4, 0.5) is 0 Å². The van der Waals surface area contributed by atoms with Crippen molar-refractivity contribution in [1.29, 1.82) is 0 Å². The molecule has 0 aromatic rings. The molecular weight excluding hydrogens is 484 g/mol. The van der Waals surface area contributed by atoms with Gasteiger partial charge in [-0.25, -0.2) is 4.79 Å². The third kappa shape index (κ3) is 7.58. The Morgan fingerprint density at radius 1 is 0.921 bits per heavy atom. The molecule has 2 aliphatic rings. The van der Waals surface area contributed by atoms with E-state index in [1.165, 1.54) is 7.11 Å². The summed E-state index contributed by atoms with van der Waals surface area (Å²) in [6.07, 6.45) is 6.02. The number of piperidine rings is 1. The summed E-state index contributed by atoms with van der Waals surface area (Å²) in [6.45, 7) is 15.2. The normalized spacial score (nSPS) is 22.5. The average Bonchev–Trinajstić information content (AvgIpc) is 3.37. The number of likely N-dealkylation sites (tertiary alicyclic amines) is 2. The number of rotatable bonds is 10. The molecule has 1 N–H and O–H groups in total. The molecule has 2 aliphatic heterocycles. The quantitative estimate of drug-likeness (QED) is 0.342. The second kappa shape index (κ2) is 14.1. The van der Waals surface area contributed by atoms with Gasteiger partial charge in [0.1, 0.15) is 12.1 Å². The molecule has 9 nitrogen and oxygen atoms in total. The van der Waals surface area contributed by atoms with Gasteiger partial charge in [0.25, 0.3) is 0 Å². The lowest BCUT2D eigenvalue weighted by molar-refractivity contribution is -0.149. The standard InChI is InChI=1S/C29H50N4O5/c1-18(2)24(17-21(7)27(35)33-16-12-14-23(33)29(37)38-9)31(8)28(36)25(19(3)4)30-26(34)22-13-10-11-15-32(22)20(5)6/h17-20,22-25H,10-16H2,1-9H3,(H,30,34)/b21-17+/t22?,23-,24-,25?/m1/s1. The van der Waals surface area contributed by atoms with Gasteiger partial charge in [-0.1, -0.05) is 40.2 Å². The monoisotopic (exact) mass is 534 g/mol. The molecule has 0 radical (unpaired) electrons. The number of nitrogens with zero attached hydrogens (tertiary/aromatic N) is 3. The van der Waals surface area contributed by atoms with Gasteiger partial charge in [-0.15, -0.1) is 0 Å². The average molecular weight is 535 g/mol. The summed E-state index contributed by atoms with van der Waals surface area (Å²) in [5.41, 5.74) is 0.485. The van der Waals surface area contributed by atoms with E-state index in [-0.39, 0.29) is 47.7 Å². The number of ether oxygens (including phenoxy) is 1. The fourth-order valence-corrected chi connectivity index (χ4v) is 5.68. The summed E-state index contributed by atoms with van der Waals surface area (Å²) in [7, 11) is 3.07. The molecule has 0 aliphatic carbocycles. The predicted molar refractivity (Wildman–Crippen MR) is 148 cm³/mol. The summed E-state index contributed by atoms with van der Waals surface area (Å²) in [4.78, 5) is 58.0. The Kier molecular flexibility index (Phi) is 11.8. The first-order valence-corrected chi connectivity index (χ1v) is 14.2. The maximum Gasteiger partial charge on any atom is 0.328 e. The number of carbonyl (C=O) groups is 4. The van der Waals surface area contributed by atoms with Crippen molar-refractivity contribution in [3.63, 3.8) is 0 Å². The van der Waals surface area contributed by atoms with Gasteiger partial charge in [-0.05, 0) is 64.8 Å². The highest BCUT2D eigenvalue weighted by molar-refractivity contribution is 5.96. The van der Waals surface area contributed by atoms with Crippen molar-refractivity contribution in [2.75, 3.05) is 27.2 Å². The first-order valence-electron chi connectivity index (χ1n) is 14.2. The van der Waals surface area contributed by atoms with Gasteiger partial charge in [0, 0.05) is 25.2 Å². The van der Waals surface area contributed by atoms with Crippen LogP contribution in [0.3, 0.4) is 0 Å². The van der Waals surface area contributed by atoms with E-state index in [0.717, 1.165) is 32.2 Å². The third-order valence-electron chi connectivity index (χ3n) is 7.96. The molecule has 0 aromatic carbocycles. The maximum atomic E-state index is 13.8. The molecule has 3 amide bonds. The van der Waals surface area contributed by atoms with Gasteiger partial charge in [-0.2, -0.15) is 0 Å². The molecule has 0 spiro atoms. The molecule has 4 atom stereocenters.